The maximum absolute atomic E-state index is 13.4. The van der Waals surface area contributed by atoms with E-state index < -0.39 is 22.5 Å². The number of carbonyl (C=O) groups is 1. The summed E-state index contributed by atoms with van der Waals surface area (Å²) in [7, 11) is -4.07. The summed E-state index contributed by atoms with van der Waals surface area (Å²) in [5.74, 6) is -0.656. The third-order valence-electron chi connectivity index (χ3n) is 5.56. The van der Waals surface area contributed by atoms with Gasteiger partial charge in [-0.15, -0.1) is 0 Å². The molecule has 0 unspecified atom stereocenters. The highest BCUT2D eigenvalue weighted by atomic mass is 35.5. The minimum atomic E-state index is -4.07. The first-order valence-corrected chi connectivity index (χ1v) is 13.3. The molecule has 1 N–H and O–H groups in total. The highest BCUT2D eigenvalue weighted by molar-refractivity contribution is 7.92. The van der Waals surface area contributed by atoms with E-state index in [1.54, 1.807) is 41.9 Å². The molecule has 3 aromatic carbocycles. The number of carbonyl (C=O) groups excluding carboxylic acids is 1. The summed E-state index contributed by atoms with van der Waals surface area (Å²) >= 11 is 12.6. The van der Waals surface area contributed by atoms with Gasteiger partial charge in [0.25, 0.3) is 15.9 Å². The third kappa shape index (κ3) is 5.85. The van der Waals surface area contributed by atoms with Gasteiger partial charge in [0, 0.05) is 5.02 Å². The van der Waals surface area contributed by atoms with Crippen LogP contribution in [0, 0.1) is 13.8 Å². The summed E-state index contributed by atoms with van der Waals surface area (Å²) in [6, 6.07) is 22.1. The van der Waals surface area contributed by atoms with E-state index >= 15 is 0 Å². The van der Waals surface area contributed by atoms with Crippen molar-refractivity contribution in [3.8, 4) is 5.69 Å². The number of hydrogen-bond donors (Lipinski definition) is 1. The molecule has 4 rings (SSSR count). The Morgan fingerprint density at radius 3 is 2.32 bits per heavy atom. The summed E-state index contributed by atoms with van der Waals surface area (Å²) in [6.45, 7) is 3.10. The van der Waals surface area contributed by atoms with Crippen molar-refractivity contribution in [2.45, 2.75) is 18.7 Å². The Labute approximate surface area is 225 Å². The van der Waals surface area contributed by atoms with Crippen molar-refractivity contribution in [1.82, 2.24) is 15.2 Å². The van der Waals surface area contributed by atoms with E-state index in [1.807, 2.05) is 37.3 Å². The second-order valence-electron chi connectivity index (χ2n) is 8.09. The Hall–Kier alpha value is -3.66. The maximum atomic E-state index is 13.4. The van der Waals surface area contributed by atoms with Gasteiger partial charge in [0.05, 0.1) is 33.7 Å². The summed E-state index contributed by atoms with van der Waals surface area (Å²) in [6.07, 6.45) is 1.38. The molecule has 0 aliphatic carbocycles. The second-order valence-corrected chi connectivity index (χ2v) is 10.7. The Morgan fingerprint density at radius 2 is 1.68 bits per heavy atom. The fourth-order valence-corrected chi connectivity index (χ4v) is 5.42. The lowest BCUT2D eigenvalue weighted by Gasteiger charge is -2.24. The van der Waals surface area contributed by atoms with Gasteiger partial charge < -0.3 is 0 Å². The van der Waals surface area contributed by atoms with Crippen LogP contribution >= 0.6 is 23.2 Å². The summed E-state index contributed by atoms with van der Waals surface area (Å²) in [4.78, 5) is 12.9. The number of sulfonamides is 1. The fraction of sp³-hybridized carbons (Fsp3) is 0.115. The molecule has 37 heavy (non-hydrogen) atoms. The Balaban J connectivity index is 1.57. The van der Waals surface area contributed by atoms with Crippen molar-refractivity contribution in [1.29, 1.82) is 0 Å². The largest absolute Gasteiger partial charge is 0.271 e. The molecule has 0 radical (unpaired) electrons. The van der Waals surface area contributed by atoms with Crippen LogP contribution in [0.15, 0.2) is 88.9 Å². The van der Waals surface area contributed by atoms with Crippen molar-refractivity contribution in [3.05, 3.63) is 106 Å². The van der Waals surface area contributed by atoms with E-state index in [0.29, 0.717) is 10.6 Å². The van der Waals surface area contributed by atoms with Gasteiger partial charge in [-0.25, -0.2) is 18.5 Å². The zero-order valence-electron chi connectivity index (χ0n) is 20.0. The summed E-state index contributed by atoms with van der Waals surface area (Å²) in [5, 5.41) is 8.91. The highest BCUT2D eigenvalue weighted by Gasteiger charge is 2.27. The van der Waals surface area contributed by atoms with E-state index in [9.17, 15) is 13.2 Å². The maximum Gasteiger partial charge on any atom is 0.264 e. The van der Waals surface area contributed by atoms with E-state index in [1.165, 1.54) is 24.4 Å². The van der Waals surface area contributed by atoms with E-state index in [2.05, 4.69) is 15.6 Å². The number of para-hydroxylation sites is 1. The number of aromatic nitrogens is 2. The molecule has 4 aromatic rings. The van der Waals surface area contributed by atoms with Crippen LogP contribution in [0.3, 0.4) is 0 Å². The van der Waals surface area contributed by atoms with Crippen molar-refractivity contribution >= 4 is 51.0 Å². The van der Waals surface area contributed by atoms with E-state index in [-0.39, 0.29) is 15.7 Å². The quantitative estimate of drug-likeness (QED) is 0.240. The highest BCUT2D eigenvalue weighted by Crippen LogP contribution is 2.28. The van der Waals surface area contributed by atoms with Crippen LogP contribution in [0.2, 0.25) is 10.2 Å². The van der Waals surface area contributed by atoms with Crippen LogP contribution < -0.4 is 9.73 Å². The SMILES string of the molecule is Cc1ccc(N(CC(=O)N/N=C\c2c(Cl)nn(-c3ccccc3)c2C)S(=O)(=O)c2ccccc2)cc1Cl. The lowest BCUT2D eigenvalue weighted by Crippen LogP contribution is -2.39. The molecule has 0 bridgehead atoms. The number of amides is 1. The van der Waals surface area contributed by atoms with Crippen molar-refractivity contribution < 1.29 is 13.2 Å². The zero-order valence-corrected chi connectivity index (χ0v) is 22.3. The number of benzene rings is 3. The van der Waals surface area contributed by atoms with Gasteiger partial charge in [-0.3, -0.25) is 9.10 Å². The Kier molecular flexibility index (Phi) is 7.97. The predicted octanol–water partition coefficient (Wildman–Crippen LogP) is 5.14. The molecule has 1 amide bonds. The third-order valence-corrected chi connectivity index (χ3v) is 8.04. The topological polar surface area (TPSA) is 96.7 Å². The lowest BCUT2D eigenvalue weighted by molar-refractivity contribution is -0.119. The Bertz CT molecular complexity index is 1560. The fourth-order valence-electron chi connectivity index (χ4n) is 3.55. The van der Waals surface area contributed by atoms with Crippen LogP contribution in [-0.4, -0.2) is 36.9 Å². The van der Waals surface area contributed by atoms with E-state index in [4.69, 9.17) is 23.2 Å². The number of nitrogens with zero attached hydrogens (tertiary/aromatic N) is 4. The molecule has 1 aromatic heterocycles. The summed E-state index contributed by atoms with van der Waals surface area (Å²) < 4.78 is 29.5. The predicted molar refractivity (Wildman–Crippen MR) is 146 cm³/mol. The number of anilines is 1. The zero-order chi connectivity index (χ0) is 26.6. The summed E-state index contributed by atoms with van der Waals surface area (Å²) in [5.41, 5.74) is 5.47. The molecule has 0 fully saturated rings. The molecular weight excluding hydrogens is 533 g/mol. The van der Waals surface area contributed by atoms with Gasteiger partial charge >= 0.3 is 0 Å². The van der Waals surface area contributed by atoms with Crippen LogP contribution in [0.5, 0.6) is 0 Å². The molecule has 190 valence electrons. The van der Waals surface area contributed by atoms with Gasteiger partial charge in [-0.1, -0.05) is 65.7 Å². The average molecular weight is 556 g/mol. The molecule has 1 heterocycles. The first kappa shape index (κ1) is 26.4. The minimum absolute atomic E-state index is 0.0405. The number of aryl methyl sites for hydroxylation is 1. The number of hydrogen-bond acceptors (Lipinski definition) is 5. The first-order valence-electron chi connectivity index (χ1n) is 11.1. The standard InChI is InChI=1S/C26H23Cl2N5O3S/c1-18-13-14-21(15-24(18)27)32(37(35,36)22-11-7-4-8-12-22)17-25(34)30-29-16-23-19(2)33(31-26(23)28)20-9-5-3-6-10-20/h3-16H,17H2,1-2H3,(H,30,34)/b29-16-. The molecule has 0 aliphatic heterocycles. The molecule has 0 spiro atoms. The van der Waals surface area contributed by atoms with Crippen LogP contribution in [0.25, 0.3) is 5.69 Å². The first-order chi connectivity index (χ1) is 17.7. The van der Waals surface area contributed by atoms with E-state index in [0.717, 1.165) is 21.2 Å². The van der Waals surface area contributed by atoms with Gasteiger partial charge in [-0.05, 0) is 55.8 Å². The number of nitrogens with one attached hydrogen (secondary N) is 1. The molecule has 8 nitrogen and oxygen atoms in total. The van der Waals surface area contributed by atoms with Crippen LogP contribution in [-0.2, 0) is 14.8 Å². The average Bonchev–Trinajstić information content (AvgIpc) is 3.18. The van der Waals surface area contributed by atoms with Gasteiger partial charge in [0.15, 0.2) is 5.15 Å². The van der Waals surface area contributed by atoms with Gasteiger partial charge in [0.1, 0.15) is 6.54 Å². The Morgan fingerprint density at radius 1 is 1.03 bits per heavy atom. The number of hydrazone groups is 1. The number of halogens is 2. The molecular formula is C26H23Cl2N5O3S. The van der Waals surface area contributed by atoms with Crippen LogP contribution in [0.1, 0.15) is 16.8 Å². The van der Waals surface area contributed by atoms with Gasteiger partial charge in [-0.2, -0.15) is 10.2 Å². The minimum Gasteiger partial charge on any atom is -0.271 e. The lowest BCUT2D eigenvalue weighted by atomic mass is 10.2. The number of rotatable bonds is 8. The van der Waals surface area contributed by atoms with Crippen molar-refractivity contribution in [3.63, 3.8) is 0 Å². The molecule has 0 saturated heterocycles. The smallest absolute Gasteiger partial charge is 0.264 e. The molecule has 0 aliphatic rings. The molecule has 11 heteroatoms. The van der Waals surface area contributed by atoms with Crippen molar-refractivity contribution in [2.24, 2.45) is 5.10 Å². The monoisotopic (exact) mass is 555 g/mol. The van der Waals surface area contributed by atoms with Crippen LogP contribution in [0.4, 0.5) is 5.69 Å². The molecule has 0 saturated carbocycles. The second kappa shape index (κ2) is 11.2. The normalized spacial score (nSPS) is 11.6. The van der Waals surface area contributed by atoms with Crippen molar-refractivity contribution in [2.75, 3.05) is 10.8 Å². The molecule has 0 atom stereocenters. The van der Waals surface area contributed by atoms with Gasteiger partial charge in [0.2, 0.25) is 0 Å².